The summed E-state index contributed by atoms with van der Waals surface area (Å²) >= 11 is 0. The zero-order chi connectivity index (χ0) is 15.6. The number of nitrogens with zero attached hydrogens (tertiary/aromatic N) is 3. The van der Waals surface area contributed by atoms with Crippen LogP contribution in [-0.4, -0.2) is 39.2 Å². The van der Waals surface area contributed by atoms with Crippen LogP contribution in [0.25, 0.3) is 5.69 Å². The van der Waals surface area contributed by atoms with Crippen LogP contribution in [0.1, 0.15) is 32.1 Å². The van der Waals surface area contributed by atoms with Crippen molar-refractivity contribution in [2.24, 2.45) is 0 Å². The first kappa shape index (κ1) is 14.5. The van der Waals surface area contributed by atoms with E-state index in [4.69, 9.17) is 0 Å². The van der Waals surface area contributed by atoms with Crippen LogP contribution in [0.2, 0.25) is 0 Å². The smallest absolute Gasteiger partial charge is 0.241 e. The lowest BCUT2D eigenvalue weighted by atomic mass is 9.91. The number of carbonyl (C=O) groups is 1. The van der Waals surface area contributed by atoms with Crippen molar-refractivity contribution in [3.63, 3.8) is 0 Å². The van der Waals surface area contributed by atoms with Gasteiger partial charge >= 0.3 is 0 Å². The van der Waals surface area contributed by atoms with E-state index in [2.05, 4.69) is 15.3 Å². The van der Waals surface area contributed by atoms with Crippen molar-refractivity contribution < 1.29 is 4.79 Å². The predicted molar refractivity (Wildman–Crippen MR) is 89.6 cm³/mol. The summed E-state index contributed by atoms with van der Waals surface area (Å²) in [5.41, 5.74) is 1.79. The maximum absolute atomic E-state index is 12.7. The van der Waals surface area contributed by atoms with Gasteiger partial charge in [0.2, 0.25) is 5.91 Å². The first-order valence-electron chi connectivity index (χ1n) is 8.48. The summed E-state index contributed by atoms with van der Waals surface area (Å²) in [6.45, 7) is 1.07. The maximum atomic E-state index is 12.7. The molecule has 4 rings (SSSR count). The summed E-state index contributed by atoms with van der Waals surface area (Å²) in [4.78, 5) is 15.1. The molecule has 0 spiro atoms. The molecule has 5 heteroatoms. The summed E-state index contributed by atoms with van der Waals surface area (Å²) in [6.07, 6.45) is 9.55. The van der Waals surface area contributed by atoms with Crippen LogP contribution in [0.15, 0.2) is 42.7 Å². The molecule has 1 saturated heterocycles. The quantitative estimate of drug-likeness (QED) is 0.945. The summed E-state index contributed by atoms with van der Waals surface area (Å²) in [5, 5.41) is 7.33. The molecule has 1 aliphatic carbocycles. The molecule has 1 aliphatic heterocycles. The minimum Gasteiger partial charge on any atom is -0.325 e. The van der Waals surface area contributed by atoms with E-state index < -0.39 is 0 Å². The third-order valence-electron chi connectivity index (χ3n) is 5.02. The molecule has 1 aromatic carbocycles. The van der Waals surface area contributed by atoms with Crippen LogP contribution in [0.5, 0.6) is 0 Å². The van der Waals surface area contributed by atoms with Gasteiger partial charge in [-0.05, 0) is 56.5 Å². The molecule has 2 fully saturated rings. The SMILES string of the molecule is O=C(Nc1cccc(-n2cccn2)c1)C1CCCN1C1CCC1. The van der Waals surface area contributed by atoms with Crippen LogP contribution >= 0.6 is 0 Å². The number of hydrogen-bond acceptors (Lipinski definition) is 3. The molecule has 2 aromatic rings. The number of benzene rings is 1. The molecule has 1 atom stereocenters. The van der Waals surface area contributed by atoms with E-state index in [0.717, 1.165) is 30.8 Å². The fraction of sp³-hybridized carbons (Fsp3) is 0.444. The molecule has 1 aromatic heterocycles. The van der Waals surface area contributed by atoms with E-state index in [0.29, 0.717) is 6.04 Å². The zero-order valence-electron chi connectivity index (χ0n) is 13.2. The van der Waals surface area contributed by atoms with Gasteiger partial charge in [0.25, 0.3) is 0 Å². The average molecular weight is 310 g/mol. The lowest BCUT2D eigenvalue weighted by Gasteiger charge is -2.38. The Morgan fingerprint density at radius 1 is 1.17 bits per heavy atom. The highest BCUT2D eigenvalue weighted by Crippen LogP contribution is 2.31. The largest absolute Gasteiger partial charge is 0.325 e. The first-order valence-corrected chi connectivity index (χ1v) is 8.48. The van der Waals surface area contributed by atoms with Gasteiger partial charge < -0.3 is 5.32 Å². The second-order valence-electron chi connectivity index (χ2n) is 6.47. The van der Waals surface area contributed by atoms with Gasteiger partial charge in [0.05, 0.1) is 11.7 Å². The minimum atomic E-state index is 0.0358. The van der Waals surface area contributed by atoms with Crippen molar-refractivity contribution in [2.75, 3.05) is 11.9 Å². The Morgan fingerprint density at radius 3 is 2.83 bits per heavy atom. The van der Waals surface area contributed by atoms with Crippen LogP contribution in [0.3, 0.4) is 0 Å². The van der Waals surface area contributed by atoms with E-state index in [9.17, 15) is 4.79 Å². The standard InChI is InChI=1S/C18H22N4O/c23-18(17-9-3-11-21(17)15-6-2-7-15)20-14-5-1-8-16(13-14)22-12-4-10-19-22/h1,4-5,8,10,12-13,15,17H,2-3,6-7,9,11H2,(H,20,23). The fourth-order valence-corrected chi connectivity index (χ4v) is 3.60. The number of carbonyl (C=O) groups excluding carboxylic acids is 1. The minimum absolute atomic E-state index is 0.0358. The third kappa shape index (κ3) is 2.88. The molecule has 120 valence electrons. The number of likely N-dealkylation sites (tertiary alicyclic amines) is 1. The number of hydrogen-bond donors (Lipinski definition) is 1. The molecule has 2 aliphatic rings. The van der Waals surface area contributed by atoms with Crippen molar-refractivity contribution in [1.82, 2.24) is 14.7 Å². The fourth-order valence-electron chi connectivity index (χ4n) is 3.60. The maximum Gasteiger partial charge on any atom is 0.241 e. The van der Waals surface area contributed by atoms with Gasteiger partial charge in [0, 0.05) is 24.1 Å². The van der Waals surface area contributed by atoms with E-state index >= 15 is 0 Å². The molecule has 1 saturated carbocycles. The van der Waals surface area contributed by atoms with Crippen LogP contribution < -0.4 is 5.32 Å². The summed E-state index contributed by atoms with van der Waals surface area (Å²) in [7, 11) is 0. The van der Waals surface area contributed by atoms with Gasteiger partial charge in [-0.25, -0.2) is 4.68 Å². The van der Waals surface area contributed by atoms with Crippen molar-refractivity contribution in [2.45, 2.75) is 44.2 Å². The van der Waals surface area contributed by atoms with Crippen molar-refractivity contribution in [3.8, 4) is 5.69 Å². The highest BCUT2D eigenvalue weighted by molar-refractivity contribution is 5.95. The van der Waals surface area contributed by atoms with Gasteiger partial charge in [0.15, 0.2) is 0 Å². The molecule has 1 unspecified atom stereocenters. The van der Waals surface area contributed by atoms with Gasteiger partial charge in [-0.15, -0.1) is 0 Å². The highest BCUT2D eigenvalue weighted by atomic mass is 16.2. The third-order valence-corrected chi connectivity index (χ3v) is 5.02. The number of nitrogens with one attached hydrogen (secondary N) is 1. The van der Waals surface area contributed by atoms with Gasteiger partial charge in [-0.2, -0.15) is 5.10 Å². The van der Waals surface area contributed by atoms with Crippen molar-refractivity contribution >= 4 is 11.6 Å². The normalized spacial score (nSPS) is 22.0. The van der Waals surface area contributed by atoms with Gasteiger partial charge in [0.1, 0.15) is 0 Å². The Labute approximate surface area is 136 Å². The predicted octanol–water partition coefficient (Wildman–Crippen LogP) is 2.83. The van der Waals surface area contributed by atoms with Crippen molar-refractivity contribution in [3.05, 3.63) is 42.7 Å². The van der Waals surface area contributed by atoms with Crippen LogP contribution in [0.4, 0.5) is 5.69 Å². The van der Waals surface area contributed by atoms with E-state index in [-0.39, 0.29) is 11.9 Å². The molecule has 5 nitrogen and oxygen atoms in total. The Bertz CT molecular complexity index is 678. The molecule has 0 bridgehead atoms. The second kappa shape index (κ2) is 6.16. The van der Waals surface area contributed by atoms with Crippen LogP contribution in [0, 0.1) is 0 Å². The lowest BCUT2D eigenvalue weighted by molar-refractivity contribution is -0.121. The van der Waals surface area contributed by atoms with E-state index in [1.807, 2.05) is 36.5 Å². The lowest BCUT2D eigenvalue weighted by Crippen LogP contribution is -2.48. The van der Waals surface area contributed by atoms with E-state index in [1.54, 1.807) is 10.9 Å². The molecular formula is C18H22N4O. The number of aromatic nitrogens is 2. The summed E-state index contributed by atoms with van der Waals surface area (Å²) < 4.78 is 1.80. The topological polar surface area (TPSA) is 50.2 Å². The molecule has 1 N–H and O–H groups in total. The van der Waals surface area contributed by atoms with Gasteiger partial charge in [-0.1, -0.05) is 12.5 Å². The molecule has 2 heterocycles. The number of rotatable bonds is 4. The Morgan fingerprint density at radius 2 is 2.09 bits per heavy atom. The molecule has 1 amide bonds. The highest BCUT2D eigenvalue weighted by Gasteiger charge is 2.37. The Hall–Kier alpha value is -2.14. The summed E-state index contributed by atoms with van der Waals surface area (Å²) in [6, 6.07) is 10.4. The average Bonchev–Trinajstić information content (AvgIpc) is 3.17. The zero-order valence-corrected chi connectivity index (χ0v) is 13.2. The molecular weight excluding hydrogens is 288 g/mol. The van der Waals surface area contributed by atoms with Crippen molar-refractivity contribution in [1.29, 1.82) is 0 Å². The second-order valence-corrected chi connectivity index (χ2v) is 6.47. The molecule has 0 radical (unpaired) electrons. The number of anilines is 1. The monoisotopic (exact) mass is 310 g/mol. The van der Waals surface area contributed by atoms with Gasteiger partial charge in [-0.3, -0.25) is 9.69 Å². The summed E-state index contributed by atoms with van der Waals surface area (Å²) in [5.74, 6) is 0.131. The van der Waals surface area contributed by atoms with E-state index in [1.165, 1.54) is 19.3 Å². The number of amides is 1. The Balaban J connectivity index is 1.47. The molecule has 23 heavy (non-hydrogen) atoms. The Kier molecular flexibility index (Phi) is 3.87. The van der Waals surface area contributed by atoms with Crippen LogP contribution in [-0.2, 0) is 4.79 Å². The first-order chi connectivity index (χ1) is 11.3.